The van der Waals surface area contributed by atoms with E-state index in [4.69, 9.17) is 5.11 Å². The minimum absolute atomic E-state index is 0.113. The second-order valence-corrected chi connectivity index (χ2v) is 26.3. The maximum absolute atomic E-state index is 13.3. The van der Waals surface area contributed by atoms with Crippen molar-refractivity contribution < 1.29 is 40.9 Å². The molecule has 0 amide bonds. The number of hydrogen-bond acceptors (Lipinski definition) is 16. The van der Waals surface area contributed by atoms with Crippen molar-refractivity contribution in [3.05, 3.63) is 189 Å². The van der Waals surface area contributed by atoms with Gasteiger partial charge in [-0.1, -0.05) is 214 Å². The van der Waals surface area contributed by atoms with Crippen LogP contribution in [0.4, 0.5) is 45.5 Å². The van der Waals surface area contributed by atoms with Crippen molar-refractivity contribution in [3.63, 3.8) is 0 Å². The average Bonchev–Trinajstić information content (AvgIpc) is 0.753. The molecule has 0 saturated heterocycles. The maximum atomic E-state index is 13.3. The van der Waals surface area contributed by atoms with Gasteiger partial charge in [0, 0.05) is 51.1 Å². The molecule has 0 aromatic heterocycles. The van der Waals surface area contributed by atoms with E-state index in [0.717, 1.165) is 112 Å². The number of benzene rings is 8. The summed E-state index contributed by atoms with van der Waals surface area (Å²) in [4.78, 5) is 0. The van der Waals surface area contributed by atoms with Crippen molar-refractivity contribution in [2.24, 2.45) is 40.9 Å². The molecule has 8 rings (SSSR count). The molecule has 0 bridgehead atoms. The van der Waals surface area contributed by atoms with Crippen LogP contribution in [0.15, 0.2) is 168 Å². The van der Waals surface area contributed by atoms with Crippen molar-refractivity contribution in [1.29, 1.82) is 0 Å². The topological polar surface area (TPSA) is 261 Å². The predicted octanol–water partition coefficient (Wildman–Crippen LogP) is 25.6. The Kier molecular flexibility index (Phi) is 27.3. The molecule has 8 aromatic carbocycles. The maximum Gasteiger partial charge on any atom is 0.169 e. The summed E-state index contributed by atoms with van der Waals surface area (Å²) < 4.78 is 0. The molecule has 0 aliphatic heterocycles. The van der Waals surface area contributed by atoms with Crippen molar-refractivity contribution in [1.82, 2.24) is 0 Å². The Labute approximate surface area is 573 Å². The molecule has 0 heterocycles. The fourth-order valence-corrected chi connectivity index (χ4v) is 12.7. The van der Waals surface area contributed by atoms with E-state index < -0.39 is 35.0 Å². The monoisotopic (exact) mass is 1310 g/mol. The van der Waals surface area contributed by atoms with Gasteiger partial charge >= 0.3 is 0 Å². The third-order valence-corrected chi connectivity index (χ3v) is 18.6. The highest BCUT2D eigenvalue weighted by molar-refractivity contribution is 5.76. The fourth-order valence-electron chi connectivity index (χ4n) is 12.7. The molecule has 0 spiro atoms. The molecule has 0 radical (unpaired) electrons. The van der Waals surface area contributed by atoms with Crippen LogP contribution in [0.1, 0.15) is 248 Å². The van der Waals surface area contributed by atoms with E-state index in [1.807, 2.05) is 94.4 Å². The summed E-state index contributed by atoms with van der Waals surface area (Å²) in [5, 5.41) is 139. The lowest BCUT2D eigenvalue weighted by atomic mass is 9.77. The van der Waals surface area contributed by atoms with Crippen LogP contribution in [0, 0.1) is 27.7 Å². The highest BCUT2D eigenvalue weighted by atomic mass is 16.3. The first-order valence-corrected chi connectivity index (χ1v) is 35.1. The van der Waals surface area contributed by atoms with Gasteiger partial charge in [-0.3, -0.25) is 0 Å². The molecule has 97 heavy (non-hydrogen) atoms. The average molecular weight is 1310 g/mol. The van der Waals surface area contributed by atoms with Gasteiger partial charge in [0.1, 0.15) is 11.5 Å². The van der Waals surface area contributed by atoms with Crippen molar-refractivity contribution in [2.75, 3.05) is 0 Å². The fraction of sp³-hybridized carbons (Fsp3) is 0.407. The summed E-state index contributed by atoms with van der Waals surface area (Å²) in [5.41, 5.74) is 7.47. The second-order valence-electron chi connectivity index (χ2n) is 26.3. The van der Waals surface area contributed by atoms with E-state index in [1.54, 1.807) is 54.6 Å². The molecule has 0 aliphatic carbocycles. The Bertz CT molecular complexity index is 4000. The number of nitrogens with zero attached hydrogens (tertiary/aromatic N) is 8. The standard InChI is InChI=1S/C81H100N8O8/c1-10-14-18-22-26-55(9)64-48-65(77(93)72(76(64)92)87-83-57-40-32-52(6)33-41-57)61(28-24-20-16-12-3)68-50-69(81(97)74(80(68)96)89-85-59-44-36-54(8)37-45-59)62(29-25-21-17-13-4)67-49-66(78(94)73(79(67)95)88-84-58-42-34-53(7)35-43-58)60(27-23-19-15-11-2)63-46-47-70(90)71(75(63)91)86-82-56-38-30-51(5)31-39-56/h30-50,55,60-62,90-97H,10-29H2,1-9H3. The van der Waals surface area contributed by atoms with E-state index in [-0.39, 0.29) is 79.7 Å². The van der Waals surface area contributed by atoms with Crippen LogP contribution >= 0.6 is 0 Å². The molecular weight excluding hydrogens is 1210 g/mol. The van der Waals surface area contributed by atoms with E-state index in [9.17, 15) is 40.9 Å². The summed E-state index contributed by atoms with van der Waals surface area (Å²) in [7, 11) is 0. The first-order valence-electron chi connectivity index (χ1n) is 35.1. The van der Waals surface area contributed by atoms with Crippen LogP contribution in [0.2, 0.25) is 0 Å². The smallest absolute Gasteiger partial charge is 0.169 e. The zero-order valence-corrected chi connectivity index (χ0v) is 58.2. The number of phenols is 8. The molecule has 4 unspecified atom stereocenters. The number of hydrogen-bond donors (Lipinski definition) is 8. The van der Waals surface area contributed by atoms with Gasteiger partial charge in [-0.05, 0) is 138 Å². The zero-order valence-electron chi connectivity index (χ0n) is 58.2. The molecular formula is C81H100N8O8. The molecule has 8 N–H and O–H groups in total. The third-order valence-electron chi connectivity index (χ3n) is 18.6. The van der Waals surface area contributed by atoms with Gasteiger partial charge in [-0.2, -0.15) is 20.5 Å². The minimum Gasteiger partial charge on any atom is -0.505 e. The molecule has 0 saturated carbocycles. The van der Waals surface area contributed by atoms with Gasteiger partial charge < -0.3 is 40.9 Å². The Hall–Kier alpha value is -9.44. The molecule has 0 aliphatic rings. The summed E-state index contributed by atoms with van der Waals surface area (Å²) >= 11 is 0. The van der Waals surface area contributed by atoms with Crippen LogP contribution in [-0.2, 0) is 0 Å². The molecule has 512 valence electrons. The van der Waals surface area contributed by atoms with Crippen molar-refractivity contribution in [3.8, 4) is 46.0 Å². The van der Waals surface area contributed by atoms with E-state index in [0.29, 0.717) is 78.0 Å². The Morgan fingerprint density at radius 2 is 0.505 bits per heavy atom. The van der Waals surface area contributed by atoms with Crippen LogP contribution in [-0.4, -0.2) is 40.9 Å². The number of rotatable bonds is 35. The number of phenolic OH excluding ortho intramolecular Hbond substituents is 8. The summed E-state index contributed by atoms with van der Waals surface area (Å²) in [6, 6.07) is 37.9. The third kappa shape index (κ3) is 19.2. The first-order chi connectivity index (χ1) is 46.9. The van der Waals surface area contributed by atoms with Gasteiger partial charge in [0.25, 0.3) is 0 Å². The van der Waals surface area contributed by atoms with Crippen molar-refractivity contribution >= 4 is 45.5 Å². The lowest BCUT2D eigenvalue weighted by molar-refractivity contribution is 0.424. The number of unbranched alkanes of at least 4 members (excludes halogenated alkanes) is 12. The SMILES string of the molecule is CCCCCCC(C)c1cc(C(CCCCCC)c2cc(C(CCCCCC)c3cc(C(CCCCCC)c4ccc(O)c(N=Nc5ccc(C)cc5)c4O)c(O)c(N=Nc4ccc(C)cc4)c3O)c(O)c(N=Nc3ccc(C)cc3)c2O)c(O)c(N=Nc2ccc(C)cc2)c1O. The normalized spacial score (nSPS) is 13.2. The van der Waals surface area contributed by atoms with Gasteiger partial charge in [0.15, 0.2) is 57.2 Å². The zero-order chi connectivity index (χ0) is 69.5. The lowest BCUT2D eigenvalue weighted by Crippen LogP contribution is -2.10. The van der Waals surface area contributed by atoms with Crippen LogP contribution in [0.3, 0.4) is 0 Å². The van der Waals surface area contributed by atoms with E-state index >= 15 is 0 Å². The number of aryl methyl sites for hydroxylation is 4. The van der Waals surface area contributed by atoms with Gasteiger partial charge in [-0.25, -0.2) is 0 Å². The van der Waals surface area contributed by atoms with Gasteiger partial charge in [0.05, 0.1) is 22.7 Å². The summed E-state index contributed by atoms with van der Waals surface area (Å²) in [6.07, 6.45) is 15.6. The summed E-state index contributed by atoms with van der Waals surface area (Å²) in [5.74, 6) is -5.62. The van der Waals surface area contributed by atoms with Crippen molar-refractivity contribution in [2.45, 2.75) is 214 Å². The lowest BCUT2D eigenvalue weighted by Gasteiger charge is -2.28. The minimum atomic E-state index is -0.947. The molecule has 8 aromatic rings. The van der Waals surface area contributed by atoms with Gasteiger partial charge in [0.2, 0.25) is 0 Å². The van der Waals surface area contributed by atoms with E-state index in [2.05, 4.69) is 70.4 Å². The predicted molar refractivity (Wildman–Crippen MR) is 389 cm³/mol. The molecule has 16 heteroatoms. The second kappa shape index (κ2) is 36.1. The largest absolute Gasteiger partial charge is 0.505 e. The van der Waals surface area contributed by atoms with Crippen LogP contribution < -0.4 is 0 Å². The Morgan fingerprint density at radius 1 is 0.258 bits per heavy atom. The highest BCUT2D eigenvalue weighted by Gasteiger charge is 2.36. The molecule has 0 fully saturated rings. The first kappa shape index (κ1) is 73.4. The molecule has 4 atom stereocenters. The van der Waals surface area contributed by atoms with Crippen LogP contribution in [0.5, 0.6) is 46.0 Å². The quantitative estimate of drug-likeness (QED) is 0.0140. The van der Waals surface area contributed by atoms with Crippen LogP contribution in [0.25, 0.3) is 0 Å². The van der Waals surface area contributed by atoms with E-state index in [1.165, 1.54) is 6.07 Å². The number of aromatic hydroxyl groups is 8. The molecule has 16 nitrogen and oxygen atoms in total. The Balaban J connectivity index is 1.46. The highest BCUT2D eigenvalue weighted by Crippen LogP contribution is 2.58. The number of azo groups is 4. The summed E-state index contributed by atoms with van der Waals surface area (Å²) in [6.45, 7) is 18.4. The Morgan fingerprint density at radius 3 is 0.804 bits per heavy atom. The van der Waals surface area contributed by atoms with Gasteiger partial charge in [-0.15, -0.1) is 20.5 Å².